The smallest absolute Gasteiger partial charge is 0.177 e. The molecule has 2 rings (SSSR count). The summed E-state index contributed by atoms with van der Waals surface area (Å²) in [6, 6.07) is 0. The van der Waals surface area contributed by atoms with Crippen molar-refractivity contribution in [1.82, 2.24) is 15.0 Å². The average molecular weight is 245 g/mol. The molecule has 0 saturated heterocycles. The fourth-order valence-electron chi connectivity index (χ4n) is 0.814. The molecule has 0 atom stereocenters. The molecule has 0 aromatic heterocycles. The molecule has 0 amide bonds. The molecule has 3 nitrogen and oxygen atoms in total. The number of nitrogens with zero attached hydrogens (tertiary/aromatic N) is 2. The predicted octanol–water partition coefficient (Wildman–Crippen LogP) is 1.51. The van der Waals surface area contributed by atoms with Crippen molar-refractivity contribution in [2.24, 2.45) is 0 Å². The molecule has 4 heteroatoms. The molecule has 0 aliphatic carbocycles. The lowest BCUT2D eigenvalue weighted by Crippen LogP contribution is -1.85. The zero-order chi connectivity index (χ0) is 6.97. The summed E-state index contributed by atoms with van der Waals surface area (Å²) in [4.78, 5) is 11.2. The van der Waals surface area contributed by atoms with Crippen LogP contribution in [0.3, 0.4) is 0 Å². The predicted molar refractivity (Wildman–Crippen MR) is 45.7 cm³/mol. The minimum atomic E-state index is 0.784. The Kier molecular flexibility index (Phi) is 1.33. The van der Waals surface area contributed by atoms with E-state index in [0.717, 1.165) is 15.1 Å². The zero-order valence-electron chi connectivity index (χ0n) is 5.00. The van der Waals surface area contributed by atoms with Crippen molar-refractivity contribution >= 4 is 22.6 Å². The van der Waals surface area contributed by atoms with E-state index in [4.69, 9.17) is 0 Å². The molecular formula is C6H4IN3. The van der Waals surface area contributed by atoms with Crippen molar-refractivity contribution in [1.29, 1.82) is 0 Å². The van der Waals surface area contributed by atoms with Gasteiger partial charge in [-0.25, -0.2) is 9.97 Å². The van der Waals surface area contributed by atoms with Crippen LogP contribution >= 0.6 is 22.6 Å². The molecule has 0 bridgehead atoms. The second-order valence-corrected chi connectivity index (χ2v) is 3.06. The number of halogens is 1. The molecule has 0 radical (unpaired) electrons. The molecule has 10 heavy (non-hydrogen) atoms. The van der Waals surface area contributed by atoms with Crippen molar-refractivity contribution in [3.63, 3.8) is 0 Å². The standard InChI is InChI=1S/C6H4IN3/c7-4-3-10-6-5(4)8-1-2-9-6/h1-3,8H. The fraction of sp³-hybridized carbons (Fsp3) is 0. The first kappa shape index (κ1) is 6.09. The molecule has 1 N–H and O–H groups in total. The first-order valence-corrected chi connectivity index (χ1v) is 3.89. The van der Waals surface area contributed by atoms with E-state index in [2.05, 4.69) is 37.5 Å². The highest BCUT2D eigenvalue weighted by Crippen LogP contribution is 2.20. The van der Waals surface area contributed by atoms with Crippen LogP contribution in [0.5, 0.6) is 0 Å². The van der Waals surface area contributed by atoms with E-state index in [9.17, 15) is 0 Å². The van der Waals surface area contributed by atoms with Crippen molar-refractivity contribution in [3.05, 3.63) is 22.2 Å². The van der Waals surface area contributed by atoms with Crippen LogP contribution in [0, 0.1) is 3.57 Å². The summed E-state index contributed by atoms with van der Waals surface area (Å²) in [6.07, 6.45) is 5.30. The molecule has 0 aromatic rings. The average Bonchev–Trinajstić information content (AvgIpc) is 2.34. The van der Waals surface area contributed by atoms with Gasteiger partial charge in [0.2, 0.25) is 0 Å². The Balaban J connectivity index is 2.78. The van der Waals surface area contributed by atoms with Crippen LogP contribution in [0.25, 0.3) is 11.5 Å². The van der Waals surface area contributed by atoms with Crippen LogP contribution in [0.4, 0.5) is 0 Å². The number of hydrogen-bond donors (Lipinski definition) is 1. The van der Waals surface area contributed by atoms with Crippen LogP contribution in [-0.2, 0) is 0 Å². The highest BCUT2D eigenvalue weighted by molar-refractivity contribution is 14.1. The van der Waals surface area contributed by atoms with E-state index in [0.29, 0.717) is 0 Å². The Bertz CT molecular complexity index is 317. The van der Waals surface area contributed by atoms with Gasteiger partial charge in [-0.05, 0) is 22.6 Å². The quantitative estimate of drug-likeness (QED) is 0.715. The Morgan fingerprint density at radius 1 is 1.40 bits per heavy atom. The van der Waals surface area contributed by atoms with Gasteiger partial charge in [0.25, 0.3) is 0 Å². The molecule has 50 valence electrons. The van der Waals surface area contributed by atoms with Crippen molar-refractivity contribution < 1.29 is 0 Å². The van der Waals surface area contributed by atoms with Gasteiger partial charge in [0.1, 0.15) is 0 Å². The minimum Gasteiger partial charge on any atom is -0.356 e. The number of aromatic nitrogens is 3. The highest BCUT2D eigenvalue weighted by atomic mass is 127. The minimum absolute atomic E-state index is 0.784. The van der Waals surface area contributed by atoms with Crippen LogP contribution in [-0.4, -0.2) is 15.0 Å². The lowest BCUT2D eigenvalue weighted by atomic mass is 10.4. The van der Waals surface area contributed by atoms with Gasteiger partial charge < -0.3 is 4.98 Å². The molecular weight excluding hydrogens is 241 g/mol. The van der Waals surface area contributed by atoms with E-state index < -0.39 is 0 Å². The maximum absolute atomic E-state index is 4.07. The Hall–Kier alpha value is -0.650. The molecule has 0 saturated carbocycles. The summed E-state index contributed by atoms with van der Waals surface area (Å²) in [7, 11) is 0. The van der Waals surface area contributed by atoms with Crippen molar-refractivity contribution in [2.75, 3.05) is 0 Å². The maximum atomic E-state index is 4.07. The van der Waals surface area contributed by atoms with Gasteiger partial charge >= 0.3 is 0 Å². The topological polar surface area (TPSA) is 41.6 Å². The number of fused-ring (bicyclic) bond motifs is 1. The SMILES string of the molecule is Ic1cnc2ncc[nH]c1-2. The number of hydrogen-bond acceptors (Lipinski definition) is 2. The van der Waals surface area contributed by atoms with Crippen LogP contribution in [0.1, 0.15) is 0 Å². The van der Waals surface area contributed by atoms with E-state index in [1.54, 1.807) is 18.6 Å². The summed E-state index contributed by atoms with van der Waals surface area (Å²) >= 11 is 2.22. The summed E-state index contributed by atoms with van der Waals surface area (Å²) in [5, 5.41) is 0. The first-order valence-electron chi connectivity index (χ1n) is 2.81. The van der Waals surface area contributed by atoms with Gasteiger partial charge in [-0.2, -0.15) is 0 Å². The van der Waals surface area contributed by atoms with Crippen molar-refractivity contribution in [2.45, 2.75) is 0 Å². The zero-order valence-corrected chi connectivity index (χ0v) is 7.16. The molecule has 2 heterocycles. The third-order valence-electron chi connectivity index (χ3n) is 1.26. The van der Waals surface area contributed by atoms with E-state index in [1.807, 2.05) is 0 Å². The molecule has 0 spiro atoms. The van der Waals surface area contributed by atoms with E-state index in [-0.39, 0.29) is 0 Å². The van der Waals surface area contributed by atoms with Gasteiger partial charge in [-0.3, -0.25) is 0 Å². The normalized spacial score (nSPS) is 10.5. The Labute approximate surface area is 71.4 Å². The van der Waals surface area contributed by atoms with Gasteiger partial charge in [0.05, 0.1) is 9.26 Å². The van der Waals surface area contributed by atoms with Crippen LogP contribution < -0.4 is 0 Å². The third-order valence-corrected chi connectivity index (χ3v) is 2.08. The van der Waals surface area contributed by atoms with E-state index >= 15 is 0 Å². The van der Waals surface area contributed by atoms with Crippen molar-refractivity contribution in [3.8, 4) is 11.5 Å². The Morgan fingerprint density at radius 2 is 2.30 bits per heavy atom. The molecule has 0 fully saturated rings. The fourth-order valence-corrected chi connectivity index (χ4v) is 1.35. The first-order chi connectivity index (χ1) is 4.88. The van der Waals surface area contributed by atoms with Gasteiger partial charge in [-0.1, -0.05) is 0 Å². The highest BCUT2D eigenvalue weighted by Gasteiger charge is 2.07. The van der Waals surface area contributed by atoms with Gasteiger partial charge in [-0.15, -0.1) is 0 Å². The Morgan fingerprint density at radius 3 is 3.10 bits per heavy atom. The summed E-state index contributed by atoms with van der Waals surface area (Å²) < 4.78 is 1.11. The summed E-state index contributed by atoms with van der Waals surface area (Å²) in [5.74, 6) is 0.784. The second-order valence-electron chi connectivity index (χ2n) is 1.89. The largest absolute Gasteiger partial charge is 0.356 e. The molecule has 0 aromatic carbocycles. The van der Waals surface area contributed by atoms with Gasteiger partial charge in [0, 0.05) is 18.6 Å². The number of rotatable bonds is 0. The monoisotopic (exact) mass is 245 g/mol. The summed E-state index contributed by atoms with van der Waals surface area (Å²) in [6.45, 7) is 0. The van der Waals surface area contributed by atoms with E-state index in [1.165, 1.54) is 0 Å². The maximum Gasteiger partial charge on any atom is 0.177 e. The number of nitrogens with one attached hydrogen (secondary N) is 1. The number of aromatic amines is 1. The third kappa shape index (κ3) is 0.792. The number of H-pyrrole nitrogens is 1. The van der Waals surface area contributed by atoms with Gasteiger partial charge in [0.15, 0.2) is 5.82 Å². The van der Waals surface area contributed by atoms with Crippen LogP contribution in [0.2, 0.25) is 0 Å². The molecule has 2 aliphatic heterocycles. The lowest BCUT2D eigenvalue weighted by Gasteiger charge is -1.93. The van der Waals surface area contributed by atoms with Crippen LogP contribution in [0.15, 0.2) is 18.6 Å². The molecule has 0 unspecified atom stereocenters. The second kappa shape index (κ2) is 2.19. The molecule has 2 aliphatic rings. The summed E-state index contributed by atoms with van der Waals surface area (Å²) in [5.41, 5.74) is 1.02. The lowest BCUT2D eigenvalue weighted by molar-refractivity contribution is 1.16.